The Bertz CT molecular complexity index is 424. The van der Waals surface area contributed by atoms with Crippen LogP contribution in [0.5, 0.6) is 0 Å². The second kappa shape index (κ2) is 4.37. The summed E-state index contributed by atoms with van der Waals surface area (Å²) in [6, 6.07) is 0. The van der Waals surface area contributed by atoms with Gasteiger partial charge in [0.2, 0.25) is 5.13 Å². The number of thiophene rings is 1. The summed E-state index contributed by atoms with van der Waals surface area (Å²) in [6.45, 7) is 2.74. The number of hydrogen-bond acceptors (Lipinski definition) is 5. The molecule has 74 valence electrons. The summed E-state index contributed by atoms with van der Waals surface area (Å²) in [5.74, 6) is 0. The number of anilines is 1. The van der Waals surface area contributed by atoms with Crippen LogP contribution < -0.4 is 5.32 Å². The van der Waals surface area contributed by atoms with E-state index in [9.17, 15) is 0 Å². The maximum atomic E-state index is 3.99. The minimum Gasteiger partial charge on any atom is -0.356 e. The second-order valence-electron chi connectivity index (χ2n) is 2.72. The number of rotatable bonds is 3. The van der Waals surface area contributed by atoms with Crippen LogP contribution in [0.2, 0.25) is 0 Å². The molecule has 0 spiro atoms. The summed E-state index contributed by atoms with van der Waals surface area (Å²) in [5.41, 5.74) is 1.25. The maximum Gasteiger partial charge on any atom is 0.205 e. The highest BCUT2D eigenvalue weighted by molar-refractivity contribution is 9.10. The zero-order chi connectivity index (χ0) is 9.97. The topological polar surface area (TPSA) is 37.8 Å². The Hall–Kier alpha value is -0.460. The first-order valence-electron chi connectivity index (χ1n) is 4.00. The number of halogens is 1. The predicted molar refractivity (Wildman–Crippen MR) is 64.0 cm³/mol. The largest absolute Gasteiger partial charge is 0.356 e. The van der Waals surface area contributed by atoms with Gasteiger partial charge >= 0.3 is 0 Å². The van der Waals surface area contributed by atoms with Gasteiger partial charge < -0.3 is 5.32 Å². The van der Waals surface area contributed by atoms with E-state index in [1.54, 1.807) is 22.7 Å². The lowest BCUT2D eigenvalue weighted by Gasteiger charge is -1.99. The molecule has 0 saturated carbocycles. The number of nitrogens with one attached hydrogen (secondary N) is 1. The molecule has 1 N–H and O–H groups in total. The Morgan fingerprint density at radius 1 is 1.43 bits per heavy atom. The highest BCUT2D eigenvalue weighted by atomic mass is 79.9. The molecule has 0 aliphatic rings. The molecular weight excluding hydrogens is 282 g/mol. The zero-order valence-corrected chi connectivity index (χ0v) is 10.7. The van der Waals surface area contributed by atoms with E-state index in [-0.39, 0.29) is 0 Å². The first-order valence-corrected chi connectivity index (χ1v) is 6.55. The fourth-order valence-corrected chi connectivity index (χ4v) is 3.00. The van der Waals surface area contributed by atoms with E-state index in [1.807, 2.05) is 6.92 Å². The van der Waals surface area contributed by atoms with Crippen molar-refractivity contribution >= 4 is 43.7 Å². The maximum absolute atomic E-state index is 3.99. The molecule has 0 saturated heterocycles. The predicted octanol–water partition coefficient (Wildman–Crippen LogP) is 3.28. The quantitative estimate of drug-likeness (QED) is 0.942. The van der Waals surface area contributed by atoms with Gasteiger partial charge in [-0.1, -0.05) is 11.3 Å². The van der Waals surface area contributed by atoms with Crippen LogP contribution in [-0.2, 0) is 6.54 Å². The van der Waals surface area contributed by atoms with Crippen molar-refractivity contribution in [3.05, 3.63) is 25.8 Å². The van der Waals surface area contributed by atoms with Crippen LogP contribution >= 0.6 is 38.6 Å². The number of nitrogens with zero attached hydrogens (tertiary/aromatic N) is 2. The Labute approximate surface area is 98.3 Å². The van der Waals surface area contributed by atoms with Crippen molar-refractivity contribution in [2.45, 2.75) is 13.5 Å². The van der Waals surface area contributed by atoms with E-state index in [4.69, 9.17) is 0 Å². The van der Waals surface area contributed by atoms with Crippen molar-refractivity contribution in [3.63, 3.8) is 0 Å². The number of aromatic nitrogens is 2. The summed E-state index contributed by atoms with van der Waals surface area (Å²) in [6.07, 6.45) is 0. The minimum atomic E-state index is 0.790. The zero-order valence-electron chi connectivity index (χ0n) is 7.45. The average molecular weight is 290 g/mol. The standard InChI is InChI=1S/C8H8BrN3S2/c1-5-11-12-8(14-5)10-2-6-3-13-4-7(6)9/h3-4H,2H2,1H3,(H,10,12). The highest BCUT2D eigenvalue weighted by Crippen LogP contribution is 2.23. The van der Waals surface area contributed by atoms with Gasteiger partial charge in [0.25, 0.3) is 0 Å². The van der Waals surface area contributed by atoms with Gasteiger partial charge in [-0.05, 0) is 33.8 Å². The molecule has 0 amide bonds. The normalized spacial score (nSPS) is 10.4. The summed E-state index contributed by atoms with van der Waals surface area (Å²) in [5, 5.41) is 17.2. The lowest BCUT2D eigenvalue weighted by Crippen LogP contribution is -1.97. The molecule has 14 heavy (non-hydrogen) atoms. The lowest BCUT2D eigenvalue weighted by molar-refractivity contribution is 1.02. The molecule has 0 aliphatic heterocycles. The molecule has 0 aliphatic carbocycles. The van der Waals surface area contributed by atoms with Crippen LogP contribution in [0.1, 0.15) is 10.6 Å². The number of hydrogen-bond donors (Lipinski definition) is 1. The van der Waals surface area contributed by atoms with Gasteiger partial charge in [0.1, 0.15) is 5.01 Å². The van der Waals surface area contributed by atoms with Gasteiger partial charge in [0.05, 0.1) is 0 Å². The van der Waals surface area contributed by atoms with Crippen molar-refractivity contribution in [1.29, 1.82) is 0 Å². The molecule has 2 aromatic rings. The first-order chi connectivity index (χ1) is 6.75. The van der Waals surface area contributed by atoms with Crippen LogP contribution in [0.4, 0.5) is 5.13 Å². The monoisotopic (exact) mass is 289 g/mol. The molecule has 0 fully saturated rings. The molecule has 0 radical (unpaired) electrons. The molecule has 0 bridgehead atoms. The van der Waals surface area contributed by atoms with Crippen molar-refractivity contribution in [2.75, 3.05) is 5.32 Å². The molecular formula is C8H8BrN3S2. The van der Waals surface area contributed by atoms with E-state index in [2.05, 4.69) is 42.2 Å². The molecule has 2 rings (SSSR count). The van der Waals surface area contributed by atoms with Crippen LogP contribution in [-0.4, -0.2) is 10.2 Å². The van der Waals surface area contributed by atoms with E-state index in [0.717, 1.165) is 21.2 Å². The summed E-state index contributed by atoms with van der Waals surface area (Å²) < 4.78 is 1.15. The molecule has 0 aromatic carbocycles. The summed E-state index contributed by atoms with van der Waals surface area (Å²) in [4.78, 5) is 0. The average Bonchev–Trinajstić information content (AvgIpc) is 2.72. The molecule has 2 heterocycles. The molecule has 6 heteroatoms. The third-order valence-corrected chi connectivity index (χ3v) is 4.27. The minimum absolute atomic E-state index is 0.790. The van der Waals surface area contributed by atoms with Crippen molar-refractivity contribution in [3.8, 4) is 0 Å². The van der Waals surface area contributed by atoms with Crippen LogP contribution in [0.3, 0.4) is 0 Å². The van der Waals surface area contributed by atoms with Crippen molar-refractivity contribution in [2.24, 2.45) is 0 Å². The van der Waals surface area contributed by atoms with Gasteiger partial charge in [0, 0.05) is 16.4 Å². The van der Waals surface area contributed by atoms with E-state index >= 15 is 0 Å². The van der Waals surface area contributed by atoms with Crippen LogP contribution in [0, 0.1) is 6.92 Å². The van der Waals surface area contributed by atoms with Gasteiger partial charge in [-0.3, -0.25) is 0 Å². The fraction of sp³-hybridized carbons (Fsp3) is 0.250. The lowest BCUT2D eigenvalue weighted by atomic mass is 10.3. The van der Waals surface area contributed by atoms with E-state index in [0.29, 0.717) is 0 Å². The van der Waals surface area contributed by atoms with Crippen molar-refractivity contribution in [1.82, 2.24) is 10.2 Å². The smallest absolute Gasteiger partial charge is 0.205 e. The van der Waals surface area contributed by atoms with Gasteiger partial charge in [-0.25, -0.2) is 0 Å². The highest BCUT2D eigenvalue weighted by Gasteiger charge is 2.02. The summed E-state index contributed by atoms with van der Waals surface area (Å²) in [7, 11) is 0. The second-order valence-corrected chi connectivity index (χ2v) is 5.50. The Balaban J connectivity index is 1.98. The Morgan fingerprint density at radius 2 is 2.29 bits per heavy atom. The van der Waals surface area contributed by atoms with Crippen LogP contribution in [0.15, 0.2) is 15.2 Å². The van der Waals surface area contributed by atoms with E-state index in [1.165, 1.54) is 5.56 Å². The molecule has 2 aromatic heterocycles. The third-order valence-electron chi connectivity index (χ3n) is 1.64. The first kappa shape index (κ1) is 10.1. The number of aryl methyl sites for hydroxylation is 1. The molecule has 0 unspecified atom stereocenters. The van der Waals surface area contributed by atoms with E-state index < -0.39 is 0 Å². The molecule has 0 atom stereocenters. The van der Waals surface area contributed by atoms with Gasteiger partial charge in [0.15, 0.2) is 0 Å². The van der Waals surface area contributed by atoms with Gasteiger partial charge in [-0.2, -0.15) is 11.3 Å². The van der Waals surface area contributed by atoms with Gasteiger partial charge in [-0.15, -0.1) is 10.2 Å². The van der Waals surface area contributed by atoms with Crippen molar-refractivity contribution < 1.29 is 0 Å². The molecule has 3 nitrogen and oxygen atoms in total. The summed E-state index contributed by atoms with van der Waals surface area (Å²) >= 11 is 6.74. The Kier molecular flexibility index (Phi) is 3.15. The SMILES string of the molecule is Cc1nnc(NCc2cscc2Br)s1. The third kappa shape index (κ3) is 2.31. The Morgan fingerprint density at radius 3 is 2.86 bits per heavy atom. The fourth-order valence-electron chi connectivity index (χ4n) is 0.973. The van der Waals surface area contributed by atoms with Crippen LogP contribution in [0.25, 0.3) is 0 Å².